The number of hydrogen-bond acceptors (Lipinski definition) is 1. The fourth-order valence-corrected chi connectivity index (χ4v) is 4.02. The second-order valence-electron chi connectivity index (χ2n) is 7.99. The summed E-state index contributed by atoms with van der Waals surface area (Å²) in [6.07, 6.45) is 4.54. The van der Waals surface area contributed by atoms with E-state index in [0.717, 1.165) is 50.7 Å². The maximum absolute atomic E-state index is 14.4. The summed E-state index contributed by atoms with van der Waals surface area (Å²) in [6.45, 7) is 2.13. The lowest BCUT2D eigenvalue weighted by atomic mass is 9.80. The highest BCUT2D eigenvalue weighted by molar-refractivity contribution is 5.65. The van der Waals surface area contributed by atoms with Crippen LogP contribution in [0.1, 0.15) is 45.4 Å². The molecular weight excluding hydrogens is 418 g/mol. The smallest absolute Gasteiger partial charge is 0.419 e. The van der Waals surface area contributed by atoms with E-state index in [1.807, 2.05) is 0 Å². The first-order valence-corrected chi connectivity index (χ1v) is 10.4. The topological polar surface area (TPSA) is 9.23 Å². The Balaban J connectivity index is 1.66. The number of benzene rings is 2. The van der Waals surface area contributed by atoms with Gasteiger partial charge in [0, 0.05) is 17.7 Å². The molecule has 0 atom stereocenters. The molecule has 31 heavy (non-hydrogen) atoms. The molecule has 0 saturated heterocycles. The molecule has 168 valence electrons. The van der Waals surface area contributed by atoms with Crippen LogP contribution in [0.5, 0.6) is 5.75 Å². The van der Waals surface area contributed by atoms with Crippen molar-refractivity contribution in [3.8, 4) is 16.9 Å². The Bertz CT molecular complexity index is 909. The number of ether oxygens (including phenoxy) is 1. The van der Waals surface area contributed by atoms with Crippen molar-refractivity contribution >= 4 is 0 Å². The zero-order valence-electron chi connectivity index (χ0n) is 17.1. The summed E-state index contributed by atoms with van der Waals surface area (Å²) in [5, 5.41) is 0. The van der Waals surface area contributed by atoms with Crippen LogP contribution in [-0.4, -0.2) is 6.11 Å². The number of rotatable bonds is 7. The molecule has 0 heterocycles. The van der Waals surface area contributed by atoms with Crippen LogP contribution in [0, 0.1) is 35.1 Å². The maximum Gasteiger partial charge on any atom is 0.419 e. The quantitative estimate of drug-likeness (QED) is 0.239. The van der Waals surface area contributed by atoms with Gasteiger partial charge in [0.15, 0.2) is 17.5 Å². The minimum Gasteiger partial charge on any atom is -0.429 e. The predicted octanol–water partition coefficient (Wildman–Crippen LogP) is 8.04. The standard InChI is InChI=1S/C24H24F6O/c1-2-3-15-4-6-16(7-5-15)10-11-24(29,30)31-18-8-9-19(20(25)14-18)17-12-21(26)23(28)22(27)13-17/h8-16H,2-7H2,1H3. The molecule has 0 radical (unpaired) electrons. The van der Waals surface area contributed by atoms with E-state index in [-0.39, 0.29) is 17.0 Å². The maximum atomic E-state index is 14.4. The fraction of sp³-hybridized carbons (Fsp3) is 0.417. The summed E-state index contributed by atoms with van der Waals surface area (Å²) in [7, 11) is 0. The van der Waals surface area contributed by atoms with E-state index in [9.17, 15) is 26.3 Å². The van der Waals surface area contributed by atoms with Crippen molar-refractivity contribution in [2.75, 3.05) is 0 Å². The molecule has 0 amide bonds. The minimum atomic E-state index is -3.64. The monoisotopic (exact) mass is 442 g/mol. The molecule has 0 N–H and O–H groups in total. The Hall–Kier alpha value is -2.44. The van der Waals surface area contributed by atoms with Gasteiger partial charge in [-0.25, -0.2) is 17.6 Å². The zero-order valence-corrected chi connectivity index (χ0v) is 17.1. The molecule has 2 aromatic rings. The lowest BCUT2D eigenvalue weighted by Gasteiger charge is -2.26. The average molecular weight is 442 g/mol. The lowest BCUT2D eigenvalue weighted by Crippen LogP contribution is -2.22. The van der Waals surface area contributed by atoms with Gasteiger partial charge >= 0.3 is 6.11 Å². The molecule has 0 unspecified atom stereocenters. The molecule has 3 rings (SSSR count). The predicted molar refractivity (Wildman–Crippen MR) is 107 cm³/mol. The summed E-state index contributed by atoms with van der Waals surface area (Å²) in [5.74, 6) is -5.37. The van der Waals surface area contributed by atoms with E-state index in [1.165, 1.54) is 6.08 Å². The van der Waals surface area contributed by atoms with Crippen molar-refractivity contribution < 1.29 is 31.1 Å². The highest BCUT2D eigenvalue weighted by Crippen LogP contribution is 2.34. The Labute approximate surface area is 177 Å². The van der Waals surface area contributed by atoms with Gasteiger partial charge in [-0.1, -0.05) is 25.8 Å². The highest BCUT2D eigenvalue weighted by Gasteiger charge is 2.29. The first-order valence-electron chi connectivity index (χ1n) is 10.4. The van der Waals surface area contributed by atoms with Crippen LogP contribution in [0.2, 0.25) is 0 Å². The second-order valence-corrected chi connectivity index (χ2v) is 7.99. The van der Waals surface area contributed by atoms with Gasteiger partial charge in [0.2, 0.25) is 0 Å². The summed E-state index contributed by atoms with van der Waals surface area (Å²) in [5.41, 5.74) is -0.529. The van der Waals surface area contributed by atoms with Crippen molar-refractivity contribution in [1.82, 2.24) is 0 Å². The van der Waals surface area contributed by atoms with E-state index >= 15 is 0 Å². The number of allylic oxidation sites excluding steroid dienone is 1. The third-order valence-electron chi connectivity index (χ3n) is 5.64. The van der Waals surface area contributed by atoms with Gasteiger partial charge in [-0.3, -0.25) is 0 Å². The van der Waals surface area contributed by atoms with Crippen LogP contribution < -0.4 is 4.74 Å². The zero-order chi connectivity index (χ0) is 22.6. The molecule has 0 aromatic heterocycles. The minimum absolute atomic E-state index is 0.0602. The molecule has 2 aromatic carbocycles. The van der Waals surface area contributed by atoms with Crippen LogP contribution in [-0.2, 0) is 0 Å². The van der Waals surface area contributed by atoms with Crippen molar-refractivity contribution in [3.05, 3.63) is 65.8 Å². The van der Waals surface area contributed by atoms with Crippen LogP contribution >= 0.6 is 0 Å². The van der Waals surface area contributed by atoms with Crippen LogP contribution in [0.4, 0.5) is 26.3 Å². The van der Waals surface area contributed by atoms with Crippen molar-refractivity contribution in [2.24, 2.45) is 11.8 Å². The van der Waals surface area contributed by atoms with Crippen LogP contribution in [0.3, 0.4) is 0 Å². The molecule has 0 aliphatic heterocycles. The molecule has 1 saturated carbocycles. The normalized spacial score (nSPS) is 19.7. The third kappa shape index (κ3) is 6.05. The Morgan fingerprint density at radius 2 is 1.58 bits per heavy atom. The molecule has 7 heteroatoms. The fourth-order valence-electron chi connectivity index (χ4n) is 4.02. The summed E-state index contributed by atoms with van der Waals surface area (Å²) >= 11 is 0. The van der Waals surface area contributed by atoms with E-state index in [2.05, 4.69) is 11.7 Å². The van der Waals surface area contributed by atoms with Crippen LogP contribution in [0.15, 0.2) is 42.5 Å². The second kappa shape index (κ2) is 9.79. The van der Waals surface area contributed by atoms with Gasteiger partial charge in [0.1, 0.15) is 11.6 Å². The van der Waals surface area contributed by atoms with Gasteiger partial charge in [-0.2, -0.15) is 8.78 Å². The van der Waals surface area contributed by atoms with Gasteiger partial charge in [-0.15, -0.1) is 0 Å². The number of alkyl halides is 2. The van der Waals surface area contributed by atoms with Gasteiger partial charge < -0.3 is 4.74 Å². The largest absolute Gasteiger partial charge is 0.429 e. The van der Waals surface area contributed by atoms with Crippen molar-refractivity contribution in [2.45, 2.75) is 51.6 Å². The molecule has 1 nitrogen and oxygen atoms in total. The van der Waals surface area contributed by atoms with Crippen molar-refractivity contribution in [3.63, 3.8) is 0 Å². The molecule has 0 spiro atoms. The number of halogens is 6. The SMILES string of the molecule is CCCC1CCC(C=CC(F)(F)Oc2ccc(-c3cc(F)c(F)c(F)c3)c(F)c2)CC1. The van der Waals surface area contributed by atoms with Gasteiger partial charge in [0.25, 0.3) is 0 Å². The first-order chi connectivity index (χ1) is 14.7. The van der Waals surface area contributed by atoms with Crippen molar-refractivity contribution in [1.29, 1.82) is 0 Å². The molecular formula is C24H24F6O. The Morgan fingerprint density at radius 3 is 2.16 bits per heavy atom. The van der Waals surface area contributed by atoms with Gasteiger partial charge in [0.05, 0.1) is 0 Å². The summed E-state index contributed by atoms with van der Waals surface area (Å²) in [6, 6.07) is 4.07. The highest BCUT2D eigenvalue weighted by atomic mass is 19.3. The van der Waals surface area contributed by atoms with E-state index in [1.54, 1.807) is 0 Å². The Morgan fingerprint density at radius 1 is 0.935 bits per heavy atom. The average Bonchev–Trinajstić information content (AvgIpc) is 2.71. The third-order valence-corrected chi connectivity index (χ3v) is 5.64. The van der Waals surface area contributed by atoms with E-state index in [0.29, 0.717) is 30.2 Å². The lowest BCUT2D eigenvalue weighted by molar-refractivity contribution is -0.132. The molecule has 1 fully saturated rings. The van der Waals surface area contributed by atoms with E-state index in [4.69, 9.17) is 0 Å². The Kier molecular flexibility index (Phi) is 7.34. The molecule has 1 aliphatic rings. The van der Waals surface area contributed by atoms with Crippen LogP contribution in [0.25, 0.3) is 11.1 Å². The molecule has 0 bridgehead atoms. The van der Waals surface area contributed by atoms with E-state index < -0.39 is 35.1 Å². The molecule has 1 aliphatic carbocycles. The van der Waals surface area contributed by atoms with Gasteiger partial charge in [-0.05, 0) is 67.3 Å². The summed E-state index contributed by atoms with van der Waals surface area (Å²) in [4.78, 5) is 0. The first kappa shape index (κ1) is 23.2. The number of hydrogen-bond donors (Lipinski definition) is 0. The summed E-state index contributed by atoms with van der Waals surface area (Å²) < 4.78 is 87.2.